The first kappa shape index (κ1) is 62.8. The van der Waals surface area contributed by atoms with Crippen LogP contribution in [-0.2, 0) is 51.2 Å². The van der Waals surface area contributed by atoms with E-state index >= 15 is 0 Å². The lowest BCUT2D eigenvalue weighted by molar-refractivity contribution is -0.143. The molecular formula is C57H58N8O18S. The summed E-state index contributed by atoms with van der Waals surface area (Å²) in [5.41, 5.74) is 2.15. The minimum absolute atomic E-state index is 0.00440. The average molecular weight is 1180 g/mol. The Morgan fingerprint density at radius 3 is 1.55 bits per heavy atom. The van der Waals surface area contributed by atoms with Crippen LogP contribution in [0.1, 0.15) is 60.0 Å². The molecular weight excluding hydrogens is 1120 g/mol. The van der Waals surface area contributed by atoms with Crippen molar-refractivity contribution < 1.29 is 83.0 Å². The first-order valence-corrected chi connectivity index (χ1v) is 26.3. The predicted molar refractivity (Wildman–Crippen MR) is 304 cm³/mol. The Morgan fingerprint density at radius 2 is 1.02 bits per heavy atom. The van der Waals surface area contributed by atoms with Gasteiger partial charge in [-0.1, -0.05) is 66.7 Å². The van der Waals surface area contributed by atoms with Crippen molar-refractivity contribution in [2.75, 3.05) is 18.4 Å². The van der Waals surface area contributed by atoms with Crippen LogP contribution in [0, 0.1) is 0 Å². The van der Waals surface area contributed by atoms with Gasteiger partial charge in [0.1, 0.15) is 47.3 Å². The van der Waals surface area contributed by atoms with Crippen molar-refractivity contribution in [3.8, 4) is 28.2 Å². The van der Waals surface area contributed by atoms with E-state index in [9.17, 15) is 78.3 Å². The molecule has 0 aromatic heterocycles. The van der Waals surface area contributed by atoms with E-state index in [-0.39, 0.29) is 70.4 Å². The van der Waals surface area contributed by atoms with E-state index in [0.717, 1.165) is 0 Å². The second-order valence-corrected chi connectivity index (χ2v) is 19.4. The molecule has 0 saturated heterocycles. The van der Waals surface area contributed by atoms with Gasteiger partial charge in [-0.3, -0.25) is 28.8 Å². The number of carboxylic acids is 5. The van der Waals surface area contributed by atoms with Crippen molar-refractivity contribution in [1.29, 1.82) is 0 Å². The number of aromatic carboxylic acids is 1. The quantitative estimate of drug-likeness (QED) is 0.0182. The fourth-order valence-corrected chi connectivity index (χ4v) is 8.94. The van der Waals surface area contributed by atoms with Crippen LogP contribution >= 0.6 is 12.2 Å². The molecule has 440 valence electrons. The standard InChI is InChI=1S/C57H58N8O18S/c66-33-12-15-36-44(28-33)83-45-29-34(67)13-16-37(45)49(36)35-14-11-32(27-38(35)52(74)75)60-57(84)65-43(26-31-9-5-2-6-10-31)51(73)62-42(25-30-7-3-1-4-8-30)50(72)61-39(53(76)77)17-20-46(68)58-23-24-59-47(69)21-18-40(54(78)79)63-56(82)64-41(55(80)81)19-22-48(70)71/h1-16,27-29,39-43,66H,17-26H2,(H,58,68)(H,59,69)(H,61,72)(H,62,73)(H,70,71)(H,74,75)(H,76,77)(H,78,79)(H,80,81)(H2,60,65,84)(H2,63,64,82)/t39-,40+,41+,42?,43?/m1/s1. The Balaban J connectivity index is 1.08. The number of thiocarbonyl (C=S) groups is 1. The van der Waals surface area contributed by atoms with E-state index in [0.29, 0.717) is 27.6 Å². The molecule has 4 aromatic rings. The molecule has 4 aromatic carbocycles. The number of phenolic OH excluding ortho intramolecular Hbond substituents is 1. The van der Waals surface area contributed by atoms with Crippen molar-refractivity contribution in [3.05, 3.63) is 142 Å². The van der Waals surface area contributed by atoms with Gasteiger partial charge in [0.15, 0.2) is 10.5 Å². The zero-order valence-electron chi connectivity index (χ0n) is 44.4. The first-order chi connectivity index (χ1) is 40.0. The third-order valence-corrected chi connectivity index (χ3v) is 13.1. The summed E-state index contributed by atoms with van der Waals surface area (Å²) in [5.74, 6) is -10.2. The van der Waals surface area contributed by atoms with Crippen LogP contribution in [0.4, 0.5) is 10.5 Å². The van der Waals surface area contributed by atoms with E-state index < -0.39 is 128 Å². The maximum absolute atomic E-state index is 14.4. The van der Waals surface area contributed by atoms with Crippen molar-refractivity contribution in [1.82, 2.24) is 37.2 Å². The van der Waals surface area contributed by atoms with E-state index in [1.54, 1.807) is 72.8 Å². The van der Waals surface area contributed by atoms with Crippen molar-refractivity contribution in [2.24, 2.45) is 0 Å². The lowest BCUT2D eigenvalue weighted by Crippen LogP contribution is -2.57. The van der Waals surface area contributed by atoms with Crippen LogP contribution in [0.15, 0.2) is 124 Å². The molecule has 0 saturated carbocycles. The summed E-state index contributed by atoms with van der Waals surface area (Å²) < 4.78 is 5.93. The van der Waals surface area contributed by atoms with Gasteiger partial charge >= 0.3 is 35.9 Å². The lowest BCUT2D eigenvalue weighted by atomic mass is 9.90. The largest absolute Gasteiger partial charge is 0.508 e. The highest BCUT2D eigenvalue weighted by molar-refractivity contribution is 7.80. The second kappa shape index (κ2) is 29.9. The molecule has 6 amide bonds. The Hall–Kier alpha value is -10.4. The Kier molecular flexibility index (Phi) is 22.3. The summed E-state index contributed by atoms with van der Waals surface area (Å²) in [6, 6.07) is 21.3. The number of fused-ring (bicyclic) bond motifs is 2. The average Bonchev–Trinajstić information content (AvgIpc) is 3.50. The summed E-state index contributed by atoms with van der Waals surface area (Å²) in [7, 11) is 0. The van der Waals surface area contributed by atoms with E-state index in [2.05, 4.69) is 31.9 Å². The molecule has 0 bridgehead atoms. The van der Waals surface area contributed by atoms with Gasteiger partial charge in [0, 0.05) is 79.5 Å². The van der Waals surface area contributed by atoms with Gasteiger partial charge in [-0.15, -0.1) is 0 Å². The van der Waals surface area contributed by atoms with Gasteiger partial charge in [0.05, 0.1) is 5.56 Å². The number of anilines is 1. The summed E-state index contributed by atoms with van der Waals surface area (Å²) >= 11 is 5.68. The van der Waals surface area contributed by atoms with Gasteiger partial charge < -0.3 is 77.6 Å². The third-order valence-electron chi connectivity index (χ3n) is 12.8. The molecule has 26 nitrogen and oxygen atoms in total. The normalized spacial score (nSPS) is 12.7. The number of nitrogens with one attached hydrogen (secondary N) is 8. The maximum atomic E-state index is 14.4. The number of benzene rings is 5. The number of carbonyl (C=O) groups excluding carboxylic acids is 5. The minimum Gasteiger partial charge on any atom is -0.508 e. The Labute approximate surface area is 482 Å². The van der Waals surface area contributed by atoms with Gasteiger partial charge in [-0.2, -0.15) is 0 Å². The van der Waals surface area contributed by atoms with Crippen LogP contribution < -0.4 is 48.0 Å². The SMILES string of the molecule is O=C(O)CC[C@H](NC(=O)N[C@@H](CCC(=O)NCCNC(=O)CC[C@@H](NC(=O)C(Cc1ccccc1)NC(=O)C(Cc1ccccc1)NC(=S)Nc1ccc(-c2c3ccc(=O)cc-3oc3cc(O)ccc23)c(C(=O)O)c1)C(=O)O)C(=O)O)C(=O)O. The molecule has 1 aliphatic carbocycles. The highest BCUT2D eigenvalue weighted by atomic mass is 32.1. The van der Waals surface area contributed by atoms with Crippen LogP contribution in [0.5, 0.6) is 5.75 Å². The minimum atomic E-state index is -1.65. The highest BCUT2D eigenvalue weighted by Crippen LogP contribution is 2.42. The Morgan fingerprint density at radius 1 is 0.524 bits per heavy atom. The number of carboxylic acid groups (broad SMARTS) is 5. The number of rotatable bonds is 29. The van der Waals surface area contributed by atoms with Gasteiger partial charge in [-0.05, 0) is 84.6 Å². The number of hydrogen-bond acceptors (Lipinski definition) is 14. The number of hydrogen-bond donors (Lipinski definition) is 14. The third kappa shape index (κ3) is 18.6. The summed E-state index contributed by atoms with van der Waals surface area (Å²) in [4.78, 5) is 138. The first-order valence-electron chi connectivity index (χ1n) is 25.9. The summed E-state index contributed by atoms with van der Waals surface area (Å²) in [5, 5.41) is 78.8. The van der Waals surface area contributed by atoms with E-state index in [4.69, 9.17) is 21.7 Å². The molecule has 0 fully saturated rings. The van der Waals surface area contributed by atoms with Crippen molar-refractivity contribution in [2.45, 2.75) is 81.6 Å². The molecule has 27 heteroatoms. The fraction of sp³-hybridized carbons (Fsp3) is 0.263. The molecule has 14 N–H and O–H groups in total. The number of carbonyl (C=O) groups is 10. The van der Waals surface area contributed by atoms with Gasteiger partial charge in [-0.25, -0.2) is 24.0 Å². The fourth-order valence-electron chi connectivity index (χ4n) is 8.68. The number of urea groups is 1. The monoisotopic (exact) mass is 1170 g/mol. The van der Waals surface area contributed by atoms with Crippen LogP contribution in [0.3, 0.4) is 0 Å². The van der Waals surface area contributed by atoms with Crippen LogP contribution in [0.25, 0.3) is 33.4 Å². The maximum Gasteiger partial charge on any atom is 0.336 e. The molecule has 1 heterocycles. The van der Waals surface area contributed by atoms with Gasteiger partial charge in [0.25, 0.3) is 0 Å². The van der Waals surface area contributed by atoms with Gasteiger partial charge in [0.2, 0.25) is 23.6 Å². The molecule has 84 heavy (non-hydrogen) atoms. The lowest BCUT2D eigenvalue weighted by Gasteiger charge is -2.26. The zero-order valence-corrected chi connectivity index (χ0v) is 45.2. The van der Waals surface area contributed by atoms with E-state index in [1.807, 2.05) is 10.6 Å². The molecule has 1 aliphatic heterocycles. The number of phenols is 1. The van der Waals surface area contributed by atoms with Crippen LogP contribution in [-0.4, -0.2) is 139 Å². The second-order valence-electron chi connectivity index (χ2n) is 19.0. The number of aromatic hydroxyl groups is 1. The molecule has 5 atom stereocenters. The molecule has 0 radical (unpaired) electrons. The van der Waals surface area contributed by atoms with Crippen molar-refractivity contribution in [3.63, 3.8) is 0 Å². The zero-order chi connectivity index (χ0) is 61.0. The summed E-state index contributed by atoms with van der Waals surface area (Å²) in [6.07, 6.45) is -2.91. The Bertz CT molecular complexity index is 3470. The number of amides is 6. The topological polar surface area (TPSA) is 419 Å². The molecule has 2 unspecified atom stereocenters. The van der Waals surface area contributed by atoms with Crippen molar-refractivity contribution >= 4 is 93.5 Å². The highest BCUT2D eigenvalue weighted by Gasteiger charge is 2.31. The summed E-state index contributed by atoms with van der Waals surface area (Å²) in [6.45, 7) is -0.329. The molecule has 0 spiro atoms. The van der Waals surface area contributed by atoms with E-state index in [1.165, 1.54) is 42.5 Å². The molecule has 6 rings (SSSR count). The predicted octanol–water partition coefficient (Wildman–Crippen LogP) is 3.03. The molecule has 2 aliphatic rings. The van der Waals surface area contributed by atoms with Crippen LogP contribution in [0.2, 0.25) is 0 Å². The number of aliphatic carboxylic acids is 4. The smallest absolute Gasteiger partial charge is 0.336 e.